The summed E-state index contributed by atoms with van der Waals surface area (Å²) in [6.45, 7) is 4.06. The van der Waals surface area contributed by atoms with Crippen molar-refractivity contribution in [3.63, 3.8) is 0 Å². The van der Waals surface area contributed by atoms with E-state index in [1.807, 2.05) is 37.3 Å². The molecule has 4 heteroatoms. The van der Waals surface area contributed by atoms with E-state index in [-0.39, 0.29) is 5.91 Å². The smallest absolute Gasteiger partial charge is 0.255 e. The number of anilines is 2. The van der Waals surface area contributed by atoms with Crippen molar-refractivity contribution in [2.75, 3.05) is 30.4 Å². The molecule has 1 saturated heterocycles. The third kappa shape index (κ3) is 3.53. The molecule has 0 spiro atoms. The number of amides is 1. The van der Waals surface area contributed by atoms with Crippen molar-refractivity contribution in [2.45, 2.75) is 26.2 Å². The van der Waals surface area contributed by atoms with Gasteiger partial charge in [-0.1, -0.05) is 18.2 Å². The number of methoxy groups -OCH3 is 1. The van der Waals surface area contributed by atoms with Crippen molar-refractivity contribution in [1.82, 2.24) is 0 Å². The van der Waals surface area contributed by atoms with Crippen LogP contribution >= 0.6 is 0 Å². The number of piperidine rings is 1. The number of carbonyl (C=O) groups excluding carboxylic acids is 1. The molecule has 1 heterocycles. The van der Waals surface area contributed by atoms with E-state index in [2.05, 4.69) is 16.3 Å². The van der Waals surface area contributed by atoms with E-state index in [0.29, 0.717) is 5.56 Å². The summed E-state index contributed by atoms with van der Waals surface area (Å²) in [5.74, 6) is 0.615. The van der Waals surface area contributed by atoms with Crippen LogP contribution in [0.1, 0.15) is 35.2 Å². The van der Waals surface area contributed by atoms with E-state index in [1.54, 1.807) is 13.2 Å². The number of hydrogen-bond acceptors (Lipinski definition) is 3. The summed E-state index contributed by atoms with van der Waals surface area (Å²) < 4.78 is 5.32. The predicted octanol–water partition coefficient (Wildman–Crippen LogP) is 4.25. The van der Waals surface area contributed by atoms with E-state index in [0.717, 1.165) is 35.8 Å². The molecule has 1 N–H and O–H groups in total. The predicted molar refractivity (Wildman–Crippen MR) is 98.2 cm³/mol. The van der Waals surface area contributed by atoms with E-state index >= 15 is 0 Å². The highest BCUT2D eigenvalue weighted by Gasteiger charge is 2.16. The first-order chi connectivity index (χ1) is 11.7. The minimum Gasteiger partial charge on any atom is -0.496 e. The molecule has 0 aromatic heterocycles. The Hall–Kier alpha value is -2.49. The van der Waals surface area contributed by atoms with Gasteiger partial charge in [0.05, 0.1) is 18.5 Å². The van der Waals surface area contributed by atoms with Crippen molar-refractivity contribution in [2.24, 2.45) is 0 Å². The maximum Gasteiger partial charge on any atom is 0.255 e. The van der Waals surface area contributed by atoms with E-state index in [9.17, 15) is 4.79 Å². The monoisotopic (exact) mass is 324 g/mol. The van der Waals surface area contributed by atoms with Crippen molar-refractivity contribution in [3.8, 4) is 5.75 Å². The molecule has 24 heavy (non-hydrogen) atoms. The van der Waals surface area contributed by atoms with Gasteiger partial charge >= 0.3 is 0 Å². The van der Waals surface area contributed by atoms with Crippen LogP contribution in [0.2, 0.25) is 0 Å². The standard InChI is InChI=1S/C20H24N2O2/c1-15-10-11-16(14-19(15)24-2)20(23)21-17-8-4-5-9-18(17)22-12-6-3-7-13-22/h4-5,8-11,14H,3,6-7,12-13H2,1-2H3,(H,21,23). The molecule has 1 amide bonds. The number of carbonyl (C=O) groups is 1. The molecule has 0 atom stereocenters. The molecular formula is C20H24N2O2. The second kappa shape index (κ2) is 7.39. The fraction of sp³-hybridized carbons (Fsp3) is 0.350. The van der Waals surface area contributed by atoms with E-state index in [1.165, 1.54) is 19.3 Å². The molecule has 1 fully saturated rings. The maximum absolute atomic E-state index is 12.6. The quantitative estimate of drug-likeness (QED) is 0.914. The van der Waals surface area contributed by atoms with Crippen LogP contribution in [-0.4, -0.2) is 26.1 Å². The lowest BCUT2D eigenvalue weighted by molar-refractivity contribution is 0.102. The van der Waals surface area contributed by atoms with Crippen molar-refractivity contribution >= 4 is 17.3 Å². The summed E-state index contributed by atoms with van der Waals surface area (Å²) in [7, 11) is 1.62. The van der Waals surface area contributed by atoms with Gasteiger partial charge in [-0.3, -0.25) is 4.79 Å². The molecule has 3 rings (SSSR count). The first-order valence-electron chi connectivity index (χ1n) is 8.49. The van der Waals surface area contributed by atoms with Crippen LogP contribution in [0.4, 0.5) is 11.4 Å². The van der Waals surface area contributed by atoms with Crippen molar-refractivity contribution in [1.29, 1.82) is 0 Å². The fourth-order valence-electron chi connectivity index (χ4n) is 3.15. The SMILES string of the molecule is COc1cc(C(=O)Nc2ccccc2N2CCCCC2)ccc1C. The zero-order valence-corrected chi connectivity index (χ0v) is 14.3. The van der Waals surface area contributed by atoms with Gasteiger partial charge < -0.3 is 15.0 Å². The highest BCUT2D eigenvalue weighted by Crippen LogP contribution is 2.29. The Labute approximate surface area is 143 Å². The van der Waals surface area contributed by atoms with Gasteiger partial charge in [0, 0.05) is 18.7 Å². The zero-order chi connectivity index (χ0) is 16.9. The number of rotatable bonds is 4. The van der Waals surface area contributed by atoms with Gasteiger partial charge in [-0.2, -0.15) is 0 Å². The zero-order valence-electron chi connectivity index (χ0n) is 14.3. The molecule has 2 aromatic carbocycles. The Kier molecular flexibility index (Phi) is 5.04. The third-order valence-corrected chi connectivity index (χ3v) is 4.52. The largest absolute Gasteiger partial charge is 0.496 e. The van der Waals surface area contributed by atoms with Crippen LogP contribution in [0.25, 0.3) is 0 Å². The molecule has 0 unspecified atom stereocenters. The lowest BCUT2D eigenvalue weighted by Gasteiger charge is -2.30. The summed E-state index contributed by atoms with van der Waals surface area (Å²) in [6.07, 6.45) is 3.70. The van der Waals surface area contributed by atoms with Crippen LogP contribution < -0.4 is 15.0 Å². The number of benzene rings is 2. The number of aryl methyl sites for hydroxylation is 1. The molecule has 1 aliphatic rings. The summed E-state index contributed by atoms with van der Waals surface area (Å²) >= 11 is 0. The molecule has 0 saturated carbocycles. The average molecular weight is 324 g/mol. The molecule has 0 bridgehead atoms. The lowest BCUT2D eigenvalue weighted by atomic mass is 10.1. The second-order valence-corrected chi connectivity index (χ2v) is 6.20. The molecule has 1 aliphatic heterocycles. The van der Waals surface area contributed by atoms with Gasteiger partial charge in [-0.05, 0) is 56.0 Å². The van der Waals surface area contributed by atoms with Crippen LogP contribution in [-0.2, 0) is 0 Å². The number of ether oxygens (including phenoxy) is 1. The molecule has 0 aliphatic carbocycles. The summed E-state index contributed by atoms with van der Waals surface area (Å²) in [4.78, 5) is 15.0. The third-order valence-electron chi connectivity index (χ3n) is 4.52. The van der Waals surface area contributed by atoms with Gasteiger partial charge in [0.2, 0.25) is 0 Å². The normalized spacial score (nSPS) is 14.3. The highest BCUT2D eigenvalue weighted by atomic mass is 16.5. The summed E-state index contributed by atoms with van der Waals surface area (Å²) in [5.41, 5.74) is 3.59. The van der Waals surface area contributed by atoms with Crippen LogP contribution in [0.15, 0.2) is 42.5 Å². The minimum atomic E-state index is -0.113. The topological polar surface area (TPSA) is 41.6 Å². The molecular weight excluding hydrogens is 300 g/mol. The lowest BCUT2D eigenvalue weighted by Crippen LogP contribution is -2.30. The Morgan fingerprint density at radius 2 is 1.83 bits per heavy atom. The molecule has 4 nitrogen and oxygen atoms in total. The number of nitrogens with zero attached hydrogens (tertiary/aromatic N) is 1. The molecule has 126 valence electrons. The van der Waals surface area contributed by atoms with Crippen LogP contribution in [0.5, 0.6) is 5.75 Å². The summed E-state index contributed by atoms with van der Waals surface area (Å²) in [5, 5.41) is 3.06. The molecule has 0 radical (unpaired) electrons. The Balaban J connectivity index is 1.82. The highest BCUT2D eigenvalue weighted by molar-refractivity contribution is 6.06. The van der Waals surface area contributed by atoms with Gasteiger partial charge in [0.1, 0.15) is 5.75 Å². The molecule has 2 aromatic rings. The van der Waals surface area contributed by atoms with Crippen molar-refractivity contribution in [3.05, 3.63) is 53.6 Å². The van der Waals surface area contributed by atoms with Gasteiger partial charge in [0.15, 0.2) is 0 Å². The first-order valence-corrected chi connectivity index (χ1v) is 8.49. The van der Waals surface area contributed by atoms with Crippen LogP contribution in [0.3, 0.4) is 0 Å². The number of para-hydroxylation sites is 2. The number of nitrogens with one attached hydrogen (secondary N) is 1. The van der Waals surface area contributed by atoms with Gasteiger partial charge in [0.25, 0.3) is 5.91 Å². The first kappa shape index (κ1) is 16.4. The maximum atomic E-state index is 12.6. The van der Waals surface area contributed by atoms with Crippen LogP contribution in [0, 0.1) is 6.92 Å². The van der Waals surface area contributed by atoms with Gasteiger partial charge in [-0.25, -0.2) is 0 Å². The fourth-order valence-corrected chi connectivity index (χ4v) is 3.15. The minimum absolute atomic E-state index is 0.113. The second-order valence-electron chi connectivity index (χ2n) is 6.20. The number of hydrogen-bond donors (Lipinski definition) is 1. The van der Waals surface area contributed by atoms with E-state index < -0.39 is 0 Å². The Morgan fingerprint density at radius 3 is 2.58 bits per heavy atom. The van der Waals surface area contributed by atoms with Crippen molar-refractivity contribution < 1.29 is 9.53 Å². The van der Waals surface area contributed by atoms with Gasteiger partial charge in [-0.15, -0.1) is 0 Å². The summed E-state index contributed by atoms with van der Waals surface area (Å²) in [6, 6.07) is 13.5. The average Bonchev–Trinajstić information content (AvgIpc) is 2.63. The van der Waals surface area contributed by atoms with E-state index in [4.69, 9.17) is 4.74 Å². The Morgan fingerprint density at radius 1 is 1.08 bits per heavy atom. The Bertz CT molecular complexity index is 721.